The molecule has 0 radical (unpaired) electrons. The maximum absolute atomic E-state index is 11.2. The van der Waals surface area contributed by atoms with E-state index < -0.39 is 5.97 Å². The molecule has 0 spiro atoms. The minimum Gasteiger partial charge on any atom is -0.462 e. The van der Waals surface area contributed by atoms with Crippen LogP contribution in [0.3, 0.4) is 0 Å². The maximum Gasteiger partial charge on any atom is 0.350 e. The second-order valence-electron chi connectivity index (χ2n) is 2.41. The van der Waals surface area contributed by atoms with Crippen LogP contribution in [0, 0.1) is 12.3 Å². The molecule has 0 saturated heterocycles. The van der Waals surface area contributed by atoms with Crippen molar-refractivity contribution in [3.8, 4) is 12.3 Å². The summed E-state index contributed by atoms with van der Waals surface area (Å²) >= 11 is 0.840. The first-order chi connectivity index (χ1) is 6.69. The molecule has 5 heteroatoms. The third kappa shape index (κ3) is 2.24. The monoisotopic (exact) mass is 211 g/mol. The first kappa shape index (κ1) is 10.5. The SMILES string of the molecule is C#CCn1cc(C(=O)OCC)sc1=O. The molecule has 0 amide bonds. The molecule has 0 aliphatic carbocycles. The molecular weight excluding hydrogens is 202 g/mol. The first-order valence-corrected chi connectivity index (χ1v) is 4.81. The number of esters is 1. The fraction of sp³-hybridized carbons (Fsp3) is 0.333. The highest BCUT2D eigenvalue weighted by molar-refractivity contribution is 7.11. The Hall–Kier alpha value is -1.54. The molecular formula is C9H9NO3S. The van der Waals surface area contributed by atoms with Crippen molar-refractivity contribution >= 4 is 17.3 Å². The van der Waals surface area contributed by atoms with Crippen LogP contribution in [0.1, 0.15) is 16.6 Å². The summed E-state index contributed by atoms with van der Waals surface area (Å²) in [4.78, 5) is 22.5. The van der Waals surface area contributed by atoms with Gasteiger partial charge in [0, 0.05) is 6.20 Å². The van der Waals surface area contributed by atoms with Gasteiger partial charge in [-0.15, -0.1) is 6.42 Å². The van der Waals surface area contributed by atoms with E-state index in [1.54, 1.807) is 6.92 Å². The second kappa shape index (κ2) is 4.63. The Balaban J connectivity index is 2.92. The summed E-state index contributed by atoms with van der Waals surface area (Å²) in [5.41, 5.74) is 0. The van der Waals surface area contributed by atoms with E-state index in [4.69, 9.17) is 11.2 Å². The topological polar surface area (TPSA) is 48.3 Å². The standard InChI is InChI=1S/C9H9NO3S/c1-3-5-10-6-7(14-9(10)12)8(11)13-4-2/h1,6H,4-5H2,2H3. The molecule has 0 aliphatic rings. The van der Waals surface area contributed by atoms with Gasteiger partial charge in [0.05, 0.1) is 13.2 Å². The Labute approximate surface area is 85.1 Å². The zero-order valence-corrected chi connectivity index (χ0v) is 8.47. The van der Waals surface area contributed by atoms with Crippen LogP contribution in [0.4, 0.5) is 0 Å². The van der Waals surface area contributed by atoms with Crippen LogP contribution in [-0.2, 0) is 11.3 Å². The van der Waals surface area contributed by atoms with Gasteiger partial charge in [-0.1, -0.05) is 17.3 Å². The zero-order chi connectivity index (χ0) is 10.6. The number of rotatable bonds is 3. The van der Waals surface area contributed by atoms with Gasteiger partial charge < -0.3 is 4.74 Å². The summed E-state index contributed by atoms with van der Waals surface area (Å²) in [5, 5.41) is 0. The van der Waals surface area contributed by atoms with Crippen molar-refractivity contribution in [3.05, 3.63) is 20.7 Å². The van der Waals surface area contributed by atoms with Gasteiger partial charge in [0.1, 0.15) is 4.88 Å². The van der Waals surface area contributed by atoms with Crippen LogP contribution in [0.5, 0.6) is 0 Å². The number of carbonyl (C=O) groups excluding carboxylic acids is 1. The lowest BCUT2D eigenvalue weighted by atomic mass is 10.5. The van der Waals surface area contributed by atoms with E-state index in [9.17, 15) is 9.59 Å². The van der Waals surface area contributed by atoms with Gasteiger partial charge in [-0.2, -0.15) is 0 Å². The Morgan fingerprint density at radius 1 is 1.79 bits per heavy atom. The zero-order valence-electron chi connectivity index (χ0n) is 7.65. The molecule has 1 aromatic rings. The predicted molar refractivity (Wildman–Crippen MR) is 53.4 cm³/mol. The van der Waals surface area contributed by atoms with E-state index in [-0.39, 0.29) is 16.3 Å². The number of nitrogens with zero attached hydrogens (tertiary/aromatic N) is 1. The van der Waals surface area contributed by atoms with Crippen molar-refractivity contribution in [2.75, 3.05) is 6.61 Å². The van der Waals surface area contributed by atoms with Crippen molar-refractivity contribution in [2.24, 2.45) is 0 Å². The molecule has 0 atom stereocenters. The third-order valence-electron chi connectivity index (χ3n) is 1.44. The summed E-state index contributed by atoms with van der Waals surface area (Å²) in [6, 6.07) is 0. The molecule has 0 fully saturated rings. The van der Waals surface area contributed by atoms with E-state index in [1.807, 2.05) is 0 Å². The van der Waals surface area contributed by atoms with E-state index in [0.29, 0.717) is 6.61 Å². The van der Waals surface area contributed by atoms with E-state index >= 15 is 0 Å². The molecule has 0 unspecified atom stereocenters. The van der Waals surface area contributed by atoms with Crippen LogP contribution >= 0.6 is 11.3 Å². The molecule has 1 heterocycles. The van der Waals surface area contributed by atoms with Crippen LogP contribution < -0.4 is 4.87 Å². The fourth-order valence-corrected chi connectivity index (χ4v) is 1.62. The van der Waals surface area contributed by atoms with Crippen molar-refractivity contribution in [1.82, 2.24) is 4.57 Å². The van der Waals surface area contributed by atoms with Crippen LogP contribution in [0.15, 0.2) is 11.0 Å². The maximum atomic E-state index is 11.2. The number of hydrogen-bond donors (Lipinski definition) is 0. The molecule has 0 saturated carbocycles. The van der Waals surface area contributed by atoms with E-state index in [2.05, 4.69) is 5.92 Å². The van der Waals surface area contributed by atoms with E-state index in [1.165, 1.54) is 10.8 Å². The van der Waals surface area contributed by atoms with Crippen molar-refractivity contribution in [2.45, 2.75) is 13.5 Å². The molecule has 4 nitrogen and oxygen atoms in total. The van der Waals surface area contributed by atoms with Crippen LogP contribution in [-0.4, -0.2) is 17.1 Å². The van der Waals surface area contributed by atoms with Gasteiger partial charge in [-0.05, 0) is 6.92 Å². The largest absolute Gasteiger partial charge is 0.462 e. The average Bonchev–Trinajstić information content (AvgIpc) is 2.49. The Kier molecular flexibility index (Phi) is 3.48. The smallest absolute Gasteiger partial charge is 0.350 e. The molecule has 0 aliphatic heterocycles. The summed E-state index contributed by atoms with van der Waals surface area (Å²) in [7, 11) is 0. The van der Waals surface area contributed by atoms with Gasteiger partial charge in [0.15, 0.2) is 0 Å². The first-order valence-electron chi connectivity index (χ1n) is 4.00. The van der Waals surface area contributed by atoms with Crippen molar-refractivity contribution in [3.63, 3.8) is 0 Å². The summed E-state index contributed by atoms with van der Waals surface area (Å²) in [5.74, 6) is 1.85. The number of carbonyl (C=O) groups is 1. The lowest BCUT2D eigenvalue weighted by molar-refractivity contribution is 0.0531. The summed E-state index contributed by atoms with van der Waals surface area (Å²) in [6.07, 6.45) is 6.47. The average molecular weight is 211 g/mol. The number of thiazole rings is 1. The molecule has 14 heavy (non-hydrogen) atoms. The predicted octanol–water partition coefficient (Wildman–Crippen LogP) is 0.720. The molecule has 0 N–H and O–H groups in total. The highest BCUT2D eigenvalue weighted by Crippen LogP contribution is 2.05. The second-order valence-corrected chi connectivity index (χ2v) is 3.41. The Morgan fingerprint density at radius 2 is 2.50 bits per heavy atom. The van der Waals surface area contributed by atoms with Gasteiger partial charge in [-0.25, -0.2) is 4.79 Å². The summed E-state index contributed by atoms with van der Waals surface area (Å²) < 4.78 is 6.04. The normalized spacial score (nSPS) is 9.43. The number of hydrogen-bond acceptors (Lipinski definition) is 4. The third-order valence-corrected chi connectivity index (χ3v) is 2.34. The van der Waals surface area contributed by atoms with E-state index in [0.717, 1.165) is 11.3 Å². The highest BCUT2D eigenvalue weighted by Gasteiger charge is 2.11. The van der Waals surface area contributed by atoms with Gasteiger partial charge >= 0.3 is 10.8 Å². The molecule has 1 aromatic heterocycles. The van der Waals surface area contributed by atoms with Crippen LogP contribution in [0.25, 0.3) is 0 Å². The highest BCUT2D eigenvalue weighted by atomic mass is 32.1. The minimum atomic E-state index is -0.481. The van der Waals surface area contributed by atoms with Gasteiger partial charge in [0.2, 0.25) is 0 Å². The lowest BCUT2D eigenvalue weighted by Gasteiger charge is -1.96. The number of ether oxygens (including phenoxy) is 1. The van der Waals surface area contributed by atoms with Crippen molar-refractivity contribution in [1.29, 1.82) is 0 Å². The van der Waals surface area contributed by atoms with Gasteiger partial charge in [0.25, 0.3) is 0 Å². The van der Waals surface area contributed by atoms with Crippen molar-refractivity contribution < 1.29 is 9.53 Å². The Bertz CT molecular complexity index is 424. The number of aromatic nitrogens is 1. The molecule has 0 bridgehead atoms. The minimum absolute atomic E-state index is 0.175. The lowest BCUT2D eigenvalue weighted by Crippen LogP contribution is -2.10. The molecule has 0 aromatic carbocycles. The summed E-state index contributed by atoms with van der Waals surface area (Å²) in [6.45, 7) is 2.17. The van der Waals surface area contributed by atoms with Gasteiger partial charge in [-0.3, -0.25) is 9.36 Å². The fourth-order valence-electron chi connectivity index (χ4n) is 0.878. The molecule has 74 valence electrons. The molecule has 1 rings (SSSR count). The Morgan fingerprint density at radius 3 is 3.07 bits per heavy atom. The van der Waals surface area contributed by atoms with Crippen LogP contribution in [0.2, 0.25) is 0 Å². The number of terminal acetylenes is 1. The quantitative estimate of drug-likeness (QED) is 0.546.